The number of amides is 1. The van der Waals surface area contributed by atoms with Crippen molar-refractivity contribution in [2.45, 2.75) is 33.6 Å². The lowest BCUT2D eigenvalue weighted by atomic mass is 10.0. The molecule has 1 fully saturated rings. The molecule has 33 heavy (non-hydrogen) atoms. The summed E-state index contributed by atoms with van der Waals surface area (Å²) in [5.74, 6) is 0.842. The van der Waals surface area contributed by atoms with Crippen molar-refractivity contribution < 1.29 is 9.53 Å². The molecular weight excluding hydrogens is 450 g/mol. The lowest BCUT2D eigenvalue weighted by Crippen LogP contribution is -2.28. The zero-order valence-electron chi connectivity index (χ0n) is 19.1. The molecule has 5 nitrogen and oxygen atoms in total. The van der Waals surface area contributed by atoms with E-state index in [-0.39, 0.29) is 5.91 Å². The van der Waals surface area contributed by atoms with E-state index in [1.54, 1.807) is 4.90 Å². The van der Waals surface area contributed by atoms with Crippen molar-refractivity contribution in [2.75, 3.05) is 13.2 Å². The third kappa shape index (κ3) is 5.04. The van der Waals surface area contributed by atoms with Gasteiger partial charge in [-0.1, -0.05) is 56.0 Å². The third-order valence-electron chi connectivity index (χ3n) is 5.28. The second-order valence-electron chi connectivity index (χ2n) is 7.88. The minimum atomic E-state index is -0.0373. The fourth-order valence-electron chi connectivity index (χ4n) is 3.66. The van der Waals surface area contributed by atoms with Gasteiger partial charge in [-0.2, -0.15) is 5.10 Å². The van der Waals surface area contributed by atoms with E-state index < -0.39 is 0 Å². The molecule has 170 valence electrons. The standard InChI is InChI=1S/C26H27N3O2S2/c1-4-13-28-25(30)23(33-26(28)32)16-20-17-29(21-9-7-6-8-10-21)27-24(20)19-11-12-22(18(3)15-19)31-14-5-2/h6-12,15-17H,4-5,13-14H2,1-3H3/b23-16+. The van der Waals surface area contributed by atoms with Crippen molar-refractivity contribution in [1.82, 2.24) is 14.7 Å². The molecule has 0 N–H and O–H groups in total. The molecule has 1 amide bonds. The smallest absolute Gasteiger partial charge is 0.266 e. The molecule has 0 saturated carbocycles. The third-order valence-corrected chi connectivity index (χ3v) is 6.66. The number of nitrogens with zero attached hydrogens (tertiary/aromatic N) is 3. The van der Waals surface area contributed by atoms with Crippen LogP contribution in [0.25, 0.3) is 23.0 Å². The number of para-hydroxylation sites is 1. The molecule has 2 heterocycles. The van der Waals surface area contributed by atoms with E-state index in [1.807, 2.05) is 73.3 Å². The van der Waals surface area contributed by atoms with Crippen LogP contribution >= 0.6 is 24.0 Å². The second-order valence-corrected chi connectivity index (χ2v) is 9.55. The van der Waals surface area contributed by atoms with Gasteiger partial charge in [-0.3, -0.25) is 9.69 Å². The van der Waals surface area contributed by atoms with Gasteiger partial charge in [0.1, 0.15) is 15.8 Å². The molecule has 3 aromatic rings. The van der Waals surface area contributed by atoms with Gasteiger partial charge in [0.2, 0.25) is 0 Å². The Morgan fingerprint density at radius 2 is 1.91 bits per heavy atom. The van der Waals surface area contributed by atoms with Gasteiger partial charge in [-0.25, -0.2) is 4.68 Å². The van der Waals surface area contributed by atoms with Gasteiger partial charge in [0.05, 0.1) is 17.2 Å². The quantitative estimate of drug-likeness (QED) is 0.284. The van der Waals surface area contributed by atoms with Crippen LogP contribution in [-0.2, 0) is 4.79 Å². The molecule has 1 aromatic heterocycles. The Morgan fingerprint density at radius 3 is 2.61 bits per heavy atom. The Bertz CT molecular complexity index is 1200. The van der Waals surface area contributed by atoms with Crippen LogP contribution in [-0.4, -0.2) is 38.1 Å². The fraction of sp³-hybridized carbons (Fsp3) is 0.269. The first kappa shape index (κ1) is 23.3. The Hall–Kier alpha value is -2.90. The van der Waals surface area contributed by atoms with Gasteiger partial charge in [0.25, 0.3) is 5.91 Å². The van der Waals surface area contributed by atoms with Gasteiger partial charge in [0, 0.05) is 23.9 Å². The molecule has 0 spiro atoms. The van der Waals surface area contributed by atoms with E-state index >= 15 is 0 Å². The number of aromatic nitrogens is 2. The van der Waals surface area contributed by atoms with Gasteiger partial charge in [-0.05, 0) is 61.7 Å². The highest BCUT2D eigenvalue weighted by atomic mass is 32.2. The summed E-state index contributed by atoms with van der Waals surface area (Å²) in [6.45, 7) is 7.50. The van der Waals surface area contributed by atoms with Crippen molar-refractivity contribution >= 4 is 40.3 Å². The number of thiocarbonyl (C=S) groups is 1. The number of carbonyl (C=O) groups is 1. The van der Waals surface area contributed by atoms with Crippen molar-refractivity contribution in [3.8, 4) is 22.7 Å². The molecule has 1 saturated heterocycles. The first-order chi connectivity index (χ1) is 16.0. The number of hydrogen-bond acceptors (Lipinski definition) is 5. The number of hydrogen-bond donors (Lipinski definition) is 0. The maximum atomic E-state index is 12.9. The second kappa shape index (κ2) is 10.4. The molecule has 0 atom stereocenters. The van der Waals surface area contributed by atoms with Crippen LogP contribution in [0.2, 0.25) is 0 Å². The number of carbonyl (C=O) groups excluding carboxylic acids is 1. The molecule has 0 unspecified atom stereocenters. The van der Waals surface area contributed by atoms with Crippen molar-refractivity contribution in [2.24, 2.45) is 0 Å². The Kier molecular flexibility index (Phi) is 7.30. The number of rotatable bonds is 8. The fourth-order valence-corrected chi connectivity index (χ4v) is 4.96. The van der Waals surface area contributed by atoms with Crippen molar-refractivity contribution in [3.05, 3.63) is 70.8 Å². The number of thioether (sulfide) groups is 1. The first-order valence-corrected chi connectivity index (χ1v) is 12.4. The minimum absolute atomic E-state index is 0.0373. The van der Waals surface area contributed by atoms with E-state index in [9.17, 15) is 4.79 Å². The van der Waals surface area contributed by atoms with E-state index in [4.69, 9.17) is 22.1 Å². The Morgan fingerprint density at radius 1 is 1.12 bits per heavy atom. The predicted octanol–water partition coefficient (Wildman–Crippen LogP) is 6.25. The Balaban J connectivity index is 1.77. The van der Waals surface area contributed by atoms with Crippen LogP contribution in [0.15, 0.2) is 59.6 Å². The zero-order chi connectivity index (χ0) is 23.4. The van der Waals surface area contributed by atoms with E-state index in [0.29, 0.717) is 22.4 Å². The molecule has 1 aliphatic heterocycles. The van der Waals surface area contributed by atoms with Gasteiger partial charge < -0.3 is 4.74 Å². The van der Waals surface area contributed by atoms with Crippen molar-refractivity contribution in [3.63, 3.8) is 0 Å². The lowest BCUT2D eigenvalue weighted by Gasteiger charge is -2.12. The van der Waals surface area contributed by atoms with Crippen LogP contribution in [0.3, 0.4) is 0 Å². The Labute approximate surface area is 204 Å². The van der Waals surface area contributed by atoms with Crippen LogP contribution in [0.4, 0.5) is 0 Å². The highest BCUT2D eigenvalue weighted by molar-refractivity contribution is 8.26. The molecule has 0 bridgehead atoms. The topological polar surface area (TPSA) is 47.4 Å². The number of benzene rings is 2. The minimum Gasteiger partial charge on any atom is -0.493 e. The van der Waals surface area contributed by atoms with Crippen LogP contribution in [0.5, 0.6) is 5.75 Å². The monoisotopic (exact) mass is 477 g/mol. The van der Waals surface area contributed by atoms with Crippen LogP contribution in [0, 0.1) is 6.92 Å². The van der Waals surface area contributed by atoms with E-state index in [1.165, 1.54) is 11.8 Å². The molecule has 0 aliphatic carbocycles. The van der Waals surface area contributed by atoms with Crippen molar-refractivity contribution in [1.29, 1.82) is 0 Å². The zero-order valence-corrected chi connectivity index (χ0v) is 20.7. The number of aryl methyl sites for hydroxylation is 1. The highest BCUT2D eigenvalue weighted by Crippen LogP contribution is 2.35. The molecular formula is C26H27N3O2S2. The van der Waals surface area contributed by atoms with Crippen LogP contribution < -0.4 is 4.74 Å². The molecule has 7 heteroatoms. The molecule has 4 rings (SSSR count). The summed E-state index contributed by atoms with van der Waals surface area (Å²) < 4.78 is 8.31. The molecule has 2 aromatic carbocycles. The van der Waals surface area contributed by atoms with Gasteiger partial charge >= 0.3 is 0 Å². The summed E-state index contributed by atoms with van der Waals surface area (Å²) in [6.07, 6.45) is 5.70. The summed E-state index contributed by atoms with van der Waals surface area (Å²) in [5.41, 5.74) is 4.66. The highest BCUT2D eigenvalue weighted by Gasteiger charge is 2.31. The van der Waals surface area contributed by atoms with Gasteiger partial charge in [-0.15, -0.1) is 0 Å². The summed E-state index contributed by atoms with van der Waals surface area (Å²) >= 11 is 6.80. The summed E-state index contributed by atoms with van der Waals surface area (Å²) in [6, 6.07) is 16.1. The average Bonchev–Trinajstić information content (AvgIpc) is 3.36. The average molecular weight is 478 g/mol. The summed E-state index contributed by atoms with van der Waals surface area (Å²) in [4.78, 5) is 15.2. The summed E-state index contributed by atoms with van der Waals surface area (Å²) in [5, 5.41) is 4.89. The molecule has 0 radical (unpaired) electrons. The SMILES string of the molecule is CCCOc1ccc(-c2nn(-c3ccccc3)cc2/C=C2/SC(=S)N(CCC)C2=O)cc1C. The van der Waals surface area contributed by atoms with Crippen LogP contribution in [0.1, 0.15) is 37.8 Å². The summed E-state index contributed by atoms with van der Waals surface area (Å²) in [7, 11) is 0. The number of ether oxygens (including phenoxy) is 1. The first-order valence-electron chi connectivity index (χ1n) is 11.2. The van der Waals surface area contributed by atoms with Gasteiger partial charge in [0.15, 0.2) is 0 Å². The normalized spacial score (nSPS) is 15.0. The van der Waals surface area contributed by atoms with E-state index in [0.717, 1.165) is 46.7 Å². The largest absolute Gasteiger partial charge is 0.493 e. The van der Waals surface area contributed by atoms with E-state index in [2.05, 4.69) is 13.0 Å². The maximum absolute atomic E-state index is 12.9. The lowest BCUT2D eigenvalue weighted by molar-refractivity contribution is -0.122. The molecule has 1 aliphatic rings. The maximum Gasteiger partial charge on any atom is 0.266 e. The predicted molar refractivity (Wildman–Crippen MR) is 140 cm³/mol.